The quantitative estimate of drug-likeness (QED) is 0.444. The standard InChI is InChI=1S/C15H21ClFN3OSi/c1-22(2,3)7-6-21-9-20-8-11(17)12-13(10-4-5-10)18-15(16)19-14(12)20/h8,10H,4-7,9H2,1-3H3. The van der Waals surface area contributed by atoms with Crippen molar-refractivity contribution in [2.45, 2.75) is 51.2 Å². The minimum atomic E-state index is -1.12. The van der Waals surface area contributed by atoms with Crippen molar-refractivity contribution in [3.05, 3.63) is 23.0 Å². The molecule has 0 aliphatic heterocycles. The van der Waals surface area contributed by atoms with Gasteiger partial charge in [-0.05, 0) is 30.5 Å². The number of nitrogens with zero attached hydrogens (tertiary/aromatic N) is 3. The molecule has 0 spiro atoms. The summed E-state index contributed by atoms with van der Waals surface area (Å²) >= 11 is 6.00. The zero-order valence-electron chi connectivity index (χ0n) is 13.2. The van der Waals surface area contributed by atoms with Gasteiger partial charge in [0.1, 0.15) is 12.4 Å². The van der Waals surface area contributed by atoms with Crippen molar-refractivity contribution in [1.29, 1.82) is 0 Å². The third kappa shape index (κ3) is 3.50. The van der Waals surface area contributed by atoms with E-state index in [9.17, 15) is 4.39 Å². The number of hydrogen-bond donors (Lipinski definition) is 0. The first-order chi connectivity index (χ1) is 10.3. The van der Waals surface area contributed by atoms with Crippen molar-refractivity contribution >= 4 is 30.7 Å². The summed E-state index contributed by atoms with van der Waals surface area (Å²) < 4.78 is 21.7. The molecule has 1 fully saturated rings. The highest BCUT2D eigenvalue weighted by Crippen LogP contribution is 2.43. The van der Waals surface area contributed by atoms with Gasteiger partial charge in [-0.3, -0.25) is 0 Å². The molecule has 1 aliphatic carbocycles. The summed E-state index contributed by atoms with van der Waals surface area (Å²) in [4.78, 5) is 8.43. The third-order valence-electron chi connectivity index (χ3n) is 3.86. The van der Waals surface area contributed by atoms with Crippen LogP contribution in [0.2, 0.25) is 31.0 Å². The van der Waals surface area contributed by atoms with Crippen LogP contribution in [0.25, 0.3) is 11.0 Å². The lowest BCUT2D eigenvalue weighted by Gasteiger charge is -2.15. The minimum Gasteiger partial charge on any atom is -0.361 e. The first kappa shape index (κ1) is 15.9. The van der Waals surface area contributed by atoms with Gasteiger partial charge in [-0.1, -0.05) is 19.6 Å². The second kappa shape index (κ2) is 5.90. The molecule has 1 aliphatic rings. The van der Waals surface area contributed by atoms with E-state index in [1.807, 2.05) is 0 Å². The second-order valence-corrected chi connectivity index (χ2v) is 13.1. The summed E-state index contributed by atoms with van der Waals surface area (Å²) in [7, 11) is -1.12. The highest BCUT2D eigenvalue weighted by atomic mass is 35.5. The van der Waals surface area contributed by atoms with Crippen LogP contribution < -0.4 is 0 Å². The number of rotatable bonds is 6. The molecular weight excluding hydrogens is 321 g/mol. The first-order valence-electron chi connectivity index (χ1n) is 7.65. The van der Waals surface area contributed by atoms with Gasteiger partial charge in [0.25, 0.3) is 0 Å². The summed E-state index contributed by atoms with van der Waals surface area (Å²) in [5.74, 6) is 0.0310. The number of ether oxygens (including phenoxy) is 1. The van der Waals surface area contributed by atoms with Gasteiger partial charge in [0.15, 0.2) is 5.82 Å². The summed E-state index contributed by atoms with van der Waals surface area (Å²) in [6, 6.07) is 1.08. The van der Waals surface area contributed by atoms with E-state index in [2.05, 4.69) is 29.6 Å². The summed E-state index contributed by atoms with van der Waals surface area (Å²) in [5, 5.41) is 0.677. The van der Waals surface area contributed by atoms with Crippen molar-refractivity contribution < 1.29 is 9.13 Å². The molecular formula is C15H21ClFN3OSi. The van der Waals surface area contributed by atoms with Crippen LogP contribution in [0.3, 0.4) is 0 Å². The molecule has 120 valence electrons. The van der Waals surface area contributed by atoms with E-state index >= 15 is 0 Å². The number of aromatic nitrogens is 3. The van der Waals surface area contributed by atoms with E-state index in [0.29, 0.717) is 30.3 Å². The van der Waals surface area contributed by atoms with Crippen LogP contribution in [0.4, 0.5) is 4.39 Å². The van der Waals surface area contributed by atoms with Crippen LogP contribution >= 0.6 is 11.6 Å². The van der Waals surface area contributed by atoms with Gasteiger partial charge in [0.05, 0.1) is 11.1 Å². The number of fused-ring (bicyclic) bond motifs is 1. The molecule has 0 unspecified atom stereocenters. The second-order valence-electron chi connectivity index (χ2n) is 7.15. The fraction of sp³-hybridized carbons (Fsp3) is 0.600. The summed E-state index contributed by atoms with van der Waals surface area (Å²) in [5.41, 5.74) is 1.28. The molecule has 3 rings (SSSR count). The Kier molecular flexibility index (Phi) is 4.27. The number of hydrogen-bond acceptors (Lipinski definition) is 3. The van der Waals surface area contributed by atoms with E-state index < -0.39 is 8.07 Å². The molecule has 4 nitrogen and oxygen atoms in total. The van der Waals surface area contributed by atoms with Crippen LogP contribution in [0.15, 0.2) is 6.20 Å². The Morgan fingerprint density at radius 1 is 1.36 bits per heavy atom. The Morgan fingerprint density at radius 3 is 2.73 bits per heavy atom. The lowest BCUT2D eigenvalue weighted by Crippen LogP contribution is -2.22. The zero-order chi connectivity index (χ0) is 15.9. The molecule has 7 heteroatoms. The topological polar surface area (TPSA) is 39.9 Å². The third-order valence-corrected chi connectivity index (χ3v) is 5.73. The summed E-state index contributed by atoms with van der Waals surface area (Å²) in [6.07, 6.45) is 3.52. The largest absolute Gasteiger partial charge is 0.361 e. The maximum atomic E-state index is 14.3. The van der Waals surface area contributed by atoms with Crippen molar-refractivity contribution in [2.75, 3.05) is 6.61 Å². The molecule has 0 aromatic carbocycles. The Balaban J connectivity index is 1.81. The molecule has 22 heavy (non-hydrogen) atoms. The van der Waals surface area contributed by atoms with Crippen LogP contribution in [0, 0.1) is 5.82 Å². The lowest BCUT2D eigenvalue weighted by molar-refractivity contribution is 0.0895. The van der Waals surface area contributed by atoms with E-state index in [0.717, 1.165) is 24.6 Å². The Morgan fingerprint density at radius 2 is 2.09 bits per heavy atom. The van der Waals surface area contributed by atoms with Gasteiger partial charge in [-0.2, -0.15) is 4.98 Å². The highest BCUT2D eigenvalue weighted by Gasteiger charge is 2.30. The average molecular weight is 342 g/mol. The number of halogens is 2. The van der Waals surface area contributed by atoms with Crippen molar-refractivity contribution in [3.8, 4) is 0 Å². The molecule has 0 radical (unpaired) electrons. The first-order valence-corrected chi connectivity index (χ1v) is 11.7. The maximum absolute atomic E-state index is 14.3. The van der Waals surface area contributed by atoms with E-state index in [1.54, 1.807) is 4.57 Å². The molecule has 1 saturated carbocycles. The summed E-state index contributed by atoms with van der Waals surface area (Å²) in [6.45, 7) is 7.88. The van der Waals surface area contributed by atoms with Crippen molar-refractivity contribution in [3.63, 3.8) is 0 Å². The smallest absolute Gasteiger partial charge is 0.224 e. The molecule has 0 saturated heterocycles. The van der Waals surface area contributed by atoms with Gasteiger partial charge in [-0.15, -0.1) is 0 Å². The lowest BCUT2D eigenvalue weighted by atomic mass is 10.2. The fourth-order valence-electron chi connectivity index (χ4n) is 2.43. The van der Waals surface area contributed by atoms with E-state index in [4.69, 9.17) is 16.3 Å². The molecule has 0 atom stereocenters. The zero-order valence-corrected chi connectivity index (χ0v) is 15.0. The maximum Gasteiger partial charge on any atom is 0.224 e. The fourth-order valence-corrected chi connectivity index (χ4v) is 3.36. The molecule has 0 amide bonds. The molecule has 2 aromatic rings. The van der Waals surface area contributed by atoms with Crippen LogP contribution in [-0.2, 0) is 11.5 Å². The van der Waals surface area contributed by atoms with E-state index in [-0.39, 0.29) is 11.1 Å². The Hall–Kier alpha value is -0.983. The van der Waals surface area contributed by atoms with Crippen LogP contribution in [0.5, 0.6) is 0 Å². The van der Waals surface area contributed by atoms with E-state index in [1.165, 1.54) is 6.20 Å². The van der Waals surface area contributed by atoms with Crippen LogP contribution in [-0.4, -0.2) is 29.2 Å². The average Bonchev–Trinajstić information content (AvgIpc) is 3.20. The molecule has 0 bridgehead atoms. The molecule has 2 heterocycles. The van der Waals surface area contributed by atoms with Gasteiger partial charge < -0.3 is 9.30 Å². The predicted octanol–water partition coefficient (Wildman–Crippen LogP) is 4.41. The van der Waals surface area contributed by atoms with Gasteiger partial charge in [0.2, 0.25) is 5.28 Å². The predicted molar refractivity (Wildman–Crippen MR) is 88.6 cm³/mol. The molecule has 0 N–H and O–H groups in total. The van der Waals surface area contributed by atoms with Gasteiger partial charge in [0, 0.05) is 26.8 Å². The highest BCUT2D eigenvalue weighted by molar-refractivity contribution is 6.76. The van der Waals surface area contributed by atoms with Crippen LogP contribution in [0.1, 0.15) is 24.5 Å². The Bertz CT molecular complexity index is 694. The Labute approximate surface area is 135 Å². The van der Waals surface area contributed by atoms with Crippen molar-refractivity contribution in [1.82, 2.24) is 14.5 Å². The monoisotopic (exact) mass is 341 g/mol. The van der Waals surface area contributed by atoms with Crippen molar-refractivity contribution in [2.24, 2.45) is 0 Å². The minimum absolute atomic E-state index is 0.177. The molecule has 2 aromatic heterocycles. The SMILES string of the molecule is C[Si](C)(C)CCOCn1cc(F)c2c(C3CC3)nc(Cl)nc21. The van der Waals surface area contributed by atoms with Gasteiger partial charge in [-0.25, -0.2) is 9.37 Å². The van der Waals surface area contributed by atoms with Gasteiger partial charge >= 0.3 is 0 Å². The normalized spacial score (nSPS) is 15.7.